The molecule has 0 atom stereocenters. The minimum atomic E-state index is -2.31. The van der Waals surface area contributed by atoms with Crippen molar-refractivity contribution in [1.29, 1.82) is 0 Å². The van der Waals surface area contributed by atoms with E-state index in [1.165, 1.54) is 78.1 Å². The lowest BCUT2D eigenvalue weighted by Crippen LogP contribution is -2.36. The van der Waals surface area contributed by atoms with Gasteiger partial charge in [-0.3, -0.25) is 9.59 Å². The fraction of sp³-hybridized carbons (Fsp3) is 0.714. The van der Waals surface area contributed by atoms with Crippen molar-refractivity contribution >= 4 is 11.9 Å². The van der Waals surface area contributed by atoms with Crippen LogP contribution in [0.15, 0.2) is 0 Å². The highest BCUT2D eigenvalue weighted by Crippen LogP contribution is 2.26. The van der Waals surface area contributed by atoms with E-state index in [1.54, 1.807) is 0 Å². The third-order valence-corrected chi connectivity index (χ3v) is 6.40. The third-order valence-electron chi connectivity index (χ3n) is 6.40. The van der Waals surface area contributed by atoms with E-state index in [0.717, 1.165) is 19.3 Å². The van der Waals surface area contributed by atoms with Gasteiger partial charge in [0.2, 0.25) is 5.82 Å². The highest BCUT2D eigenvalue weighted by molar-refractivity contribution is 5.99. The van der Waals surface area contributed by atoms with Crippen molar-refractivity contribution in [1.82, 2.24) is 0 Å². The summed E-state index contributed by atoms with van der Waals surface area (Å²) >= 11 is 0. The molecule has 37 heavy (non-hydrogen) atoms. The molecule has 0 aromatic heterocycles. The molecule has 0 radical (unpaired) electrons. The number of hydrogen-bond acceptors (Lipinski definition) is 4. The SMILES string of the molecule is CCCCCCCCCCCCCCCCOC(=O)C(C)(C)C(=O)OCc1c(F)c(F)c(F)c(F)c1F. The van der Waals surface area contributed by atoms with Crippen LogP contribution in [0.1, 0.15) is 116 Å². The molecule has 0 aliphatic carbocycles. The van der Waals surface area contributed by atoms with Gasteiger partial charge in [0.1, 0.15) is 6.61 Å². The Morgan fingerprint density at radius 1 is 0.568 bits per heavy atom. The van der Waals surface area contributed by atoms with Gasteiger partial charge in [-0.2, -0.15) is 0 Å². The van der Waals surface area contributed by atoms with E-state index in [1.807, 2.05) is 0 Å². The van der Waals surface area contributed by atoms with Crippen molar-refractivity contribution in [3.05, 3.63) is 34.6 Å². The first-order valence-corrected chi connectivity index (χ1v) is 13.4. The Morgan fingerprint density at radius 2 is 0.919 bits per heavy atom. The minimum Gasteiger partial charge on any atom is -0.465 e. The second-order valence-corrected chi connectivity index (χ2v) is 9.98. The van der Waals surface area contributed by atoms with Crippen LogP contribution in [-0.4, -0.2) is 18.5 Å². The number of rotatable bonds is 19. The standard InChI is InChI=1S/C28H41F5O4/c1-4-5-6-7-8-9-10-11-12-13-14-15-16-17-18-36-26(34)28(2,3)27(35)37-19-20-21(29)23(31)25(33)24(32)22(20)30/h4-19H2,1-3H3. The molecule has 0 spiro atoms. The predicted molar refractivity (Wildman–Crippen MR) is 131 cm³/mol. The first kappa shape index (κ1) is 32.8. The molecule has 1 rings (SSSR count). The zero-order valence-corrected chi connectivity index (χ0v) is 22.3. The van der Waals surface area contributed by atoms with Crippen molar-refractivity contribution < 1.29 is 41.0 Å². The largest absolute Gasteiger partial charge is 0.465 e. The zero-order valence-electron chi connectivity index (χ0n) is 22.3. The Morgan fingerprint density at radius 3 is 1.35 bits per heavy atom. The van der Waals surface area contributed by atoms with Gasteiger partial charge < -0.3 is 9.47 Å². The lowest BCUT2D eigenvalue weighted by Gasteiger charge is -2.21. The molecule has 1 aromatic carbocycles. The van der Waals surface area contributed by atoms with Crippen molar-refractivity contribution in [2.45, 2.75) is 117 Å². The van der Waals surface area contributed by atoms with E-state index < -0.39 is 58.6 Å². The monoisotopic (exact) mass is 536 g/mol. The molecule has 0 aliphatic rings. The van der Waals surface area contributed by atoms with Crippen LogP contribution in [0.25, 0.3) is 0 Å². The van der Waals surface area contributed by atoms with Crippen LogP contribution in [-0.2, 0) is 25.7 Å². The zero-order chi connectivity index (χ0) is 27.8. The summed E-state index contributed by atoms with van der Waals surface area (Å²) in [7, 11) is 0. The number of benzene rings is 1. The third kappa shape index (κ3) is 11.0. The fourth-order valence-electron chi connectivity index (χ4n) is 3.82. The van der Waals surface area contributed by atoms with Crippen molar-refractivity contribution in [2.24, 2.45) is 5.41 Å². The second kappa shape index (κ2) is 17.3. The maximum atomic E-state index is 13.7. The first-order valence-electron chi connectivity index (χ1n) is 13.4. The van der Waals surface area contributed by atoms with Gasteiger partial charge in [-0.1, -0.05) is 90.4 Å². The van der Waals surface area contributed by atoms with Crippen LogP contribution >= 0.6 is 0 Å². The molecule has 0 unspecified atom stereocenters. The quantitative estimate of drug-likeness (QED) is 0.0444. The number of ether oxygens (including phenoxy) is 2. The first-order chi connectivity index (χ1) is 17.6. The Hall–Kier alpha value is -2.19. The molecule has 4 nitrogen and oxygen atoms in total. The lowest BCUT2D eigenvalue weighted by atomic mass is 9.94. The van der Waals surface area contributed by atoms with Crippen LogP contribution in [0.2, 0.25) is 0 Å². The number of hydrogen-bond donors (Lipinski definition) is 0. The summed E-state index contributed by atoms with van der Waals surface area (Å²) in [5.74, 6) is -12.9. The Labute approximate surface area is 217 Å². The van der Waals surface area contributed by atoms with Crippen molar-refractivity contribution in [2.75, 3.05) is 6.61 Å². The number of carbonyl (C=O) groups excluding carboxylic acids is 2. The molecule has 0 amide bonds. The predicted octanol–water partition coefficient (Wildman–Crippen LogP) is 8.48. The highest BCUT2D eigenvalue weighted by atomic mass is 19.2. The van der Waals surface area contributed by atoms with E-state index in [-0.39, 0.29) is 6.61 Å². The van der Waals surface area contributed by atoms with Gasteiger partial charge in [-0.15, -0.1) is 0 Å². The molecule has 0 heterocycles. The number of carbonyl (C=O) groups is 2. The molecule has 0 saturated carbocycles. The summed E-state index contributed by atoms with van der Waals surface area (Å²) in [5, 5.41) is 0. The molecule has 0 saturated heterocycles. The summed E-state index contributed by atoms with van der Waals surface area (Å²) in [6, 6.07) is 0. The van der Waals surface area contributed by atoms with Crippen molar-refractivity contribution in [3.8, 4) is 0 Å². The molecule has 0 bridgehead atoms. The van der Waals surface area contributed by atoms with Gasteiger partial charge in [0, 0.05) is 0 Å². The summed E-state index contributed by atoms with van der Waals surface area (Å²) in [6.45, 7) is 3.49. The molecular weight excluding hydrogens is 495 g/mol. The number of halogens is 5. The van der Waals surface area contributed by atoms with Crippen LogP contribution in [0.5, 0.6) is 0 Å². The number of esters is 2. The Balaban J connectivity index is 2.22. The Bertz CT molecular complexity index is 828. The molecule has 0 aliphatic heterocycles. The normalized spacial score (nSPS) is 11.6. The van der Waals surface area contributed by atoms with Gasteiger partial charge in [0.15, 0.2) is 28.7 Å². The Kier molecular flexibility index (Phi) is 15.4. The summed E-state index contributed by atoms with van der Waals surface area (Å²) < 4.78 is 77.0. The maximum absolute atomic E-state index is 13.7. The van der Waals surface area contributed by atoms with Crippen LogP contribution in [0, 0.1) is 34.5 Å². The highest BCUT2D eigenvalue weighted by Gasteiger charge is 2.40. The van der Waals surface area contributed by atoms with Gasteiger partial charge in [-0.25, -0.2) is 22.0 Å². The lowest BCUT2D eigenvalue weighted by molar-refractivity contribution is -0.170. The average Bonchev–Trinajstić information content (AvgIpc) is 2.88. The van der Waals surface area contributed by atoms with E-state index >= 15 is 0 Å². The molecular formula is C28H41F5O4. The average molecular weight is 537 g/mol. The molecule has 0 fully saturated rings. The van der Waals surface area contributed by atoms with E-state index in [4.69, 9.17) is 4.74 Å². The maximum Gasteiger partial charge on any atom is 0.323 e. The van der Waals surface area contributed by atoms with E-state index in [0.29, 0.717) is 6.42 Å². The minimum absolute atomic E-state index is 0.102. The van der Waals surface area contributed by atoms with E-state index in [9.17, 15) is 31.5 Å². The summed E-state index contributed by atoms with van der Waals surface area (Å²) in [5.41, 5.74) is -3.11. The second-order valence-electron chi connectivity index (χ2n) is 9.98. The van der Waals surface area contributed by atoms with Crippen LogP contribution < -0.4 is 0 Å². The fourth-order valence-corrected chi connectivity index (χ4v) is 3.82. The summed E-state index contributed by atoms with van der Waals surface area (Å²) in [4.78, 5) is 24.6. The van der Waals surface area contributed by atoms with Crippen LogP contribution in [0.3, 0.4) is 0 Å². The van der Waals surface area contributed by atoms with E-state index in [2.05, 4.69) is 11.7 Å². The molecule has 212 valence electrons. The summed E-state index contributed by atoms with van der Waals surface area (Å²) in [6.07, 6.45) is 16.5. The van der Waals surface area contributed by atoms with Crippen molar-refractivity contribution in [3.63, 3.8) is 0 Å². The topological polar surface area (TPSA) is 52.6 Å². The molecule has 1 aromatic rings. The van der Waals surface area contributed by atoms with Gasteiger partial charge in [0.25, 0.3) is 0 Å². The molecule has 0 N–H and O–H groups in total. The molecule has 9 heteroatoms. The number of unbranched alkanes of at least 4 members (excludes halogenated alkanes) is 13. The van der Waals surface area contributed by atoms with Gasteiger partial charge in [-0.05, 0) is 20.3 Å². The van der Waals surface area contributed by atoms with Gasteiger partial charge in [0.05, 0.1) is 12.2 Å². The smallest absolute Gasteiger partial charge is 0.323 e. The van der Waals surface area contributed by atoms with Crippen LogP contribution in [0.4, 0.5) is 22.0 Å². The van der Waals surface area contributed by atoms with Gasteiger partial charge >= 0.3 is 11.9 Å².